The molecule has 0 aliphatic rings. The van der Waals surface area contributed by atoms with Crippen molar-refractivity contribution in [3.8, 4) is 0 Å². The number of fused-ring (bicyclic) bond motifs is 1. The number of rotatable bonds is 5. The maximum absolute atomic E-state index is 6.29. The zero-order valence-electron chi connectivity index (χ0n) is 10.3. The molecule has 0 saturated heterocycles. The van der Waals surface area contributed by atoms with E-state index in [1.165, 1.54) is 0 Å². The first kappa shape index (κ1) is 12.4. The standard InChI is InChI=1S/C14H18ClNO/c1-10(2)7-8-11(15)9-14-16-12-5-3-4-6-13(12)17-14/h3-6,10-11H,7-9H2,1-2H3. The highest BCUT2D eigenvalue weighted by molar-refractivity contribution is 6.20. The first-order valence-corrected chi connectivity index (χ1v) is 6.57. The second-order valence-electron chi connectivity index (χ2n) is 4.85. The molecular weight excluding hydrogens is 234 g/mol. The molecule has 92 valence electrons. The summed E-state index contributed by atoms with van der Waals surface area (Å²) in [7, 11) is 0. The van der Waals surface area contributed by atoms with Gasteiger partial charge in [-0.2, -0.15) is 0 Å². The molecule has 3 heteroatoms. The number of aromatic nitrogens is 1. The van der Waals surface area contributed by atoms with Crippen molar-refractivity contribution in [3.05, 3.63) is 30.2 Å². The van der Waals surface area contributed by atoms with E-state index < -0.39 is 0 Å². The number of halogens is 1. The Labute approximate surface area is 107 Å². The van der Waals surface area contributed by atoms with Gasteiger partial charge in [-0.05, 0) is 30.9 Å². The lowest BCUT2D eigenvalue weighted by atomic mass is 10.1. The topological polar surface area (TPSA) is 26.0 Å². The molecule has 2 nitrogen and oxygen atoms in total. The van der Waals surface area contributed by atoms with E-state index in [4.69, 9.17) is 16.0 Å². The van der Waals surface area contributed by atoms with Crippen LogP contribution in [-0.4, -0.2) is 10.4 Å². The van der Waals surface area contributed by atoms with E-state index in [-0.39, 0.29) is 5.38 Å². The normalized spacial score (nSPS) is 13.4. The Bertz CT molecular complexity index is 445. The van der Waals surface area contributed by atoms with Gasteiger partial charge in [0.25, 0.3) is 0 Å². The van der Waals surface area contributed by atoms with E-state index in [1.54, 1.807) is 0 Å². The molecule has 2 aromatic rings. The molecule has 17 heavy (non-hydrogen) atoms. The van der Waals surface area contributed by atoms with E-state index in [9.17, 15) is 0 Å². The average molecular weight is 252 g/mol. The number of hydrogen-bond donors (Lipinski definition) is 0. The van der Waals surface area contributed by atoms with E-state index in [0.29, 0.717) is 12.3 Å². The molecular formula is C14H18ClNO. The van der Waals surface area contributed by atoms with Crippen molar-refractivity contribution in [1.29, 1.82) is 0 Å². The Morgan fingerprint density at radius 3 is 2.71 bits per heavy atom. The fraction of sp³-hybridized carbons (Fsp3) is 0.500. The maximum Gasteiger partial charge on any atom is 0.196 e. The summed E-state index contributed by atoms with van der Waals surface area (Å²) in [5, 5.41) is 0.116. The highest BCUT2D eigenvalue weighted by atomic mass is 35.5. The van der Waals surface area contributed by atoms with Crippen LogP contribution >= 0.6 is 11.6 Å². The summed E-state index contributed by atoms with van der Waals surface area (Å²) in [5.74, 6) is 1.44. The Kier molecular flexibility index (Phi) is 4.06. The predicted octanol–water partition coefficient (Wildman–Crippen LogP) is 4.41. The van der Waals surface area contributed by atoms with Crippen LogP contribution in [0.5, 0.6) is 0 Å². The van der Waals surface area contributed by atoms with Gasteiger partial charge in [-0.25, -0.2) is 4.98 Å². The van der Waals surface area contributed by atoms with Gasteiger partial charge in [-0.1, -0.05) is 26.0 Å². The van der Waals surface area contributed by atoms with Crippen molar-refractivity contribution in [2.45, 2.75) is 38.5 Å². The first-order chi connectivity index (χ1) is 8.15. The third-order valence-corrected chi connectivity index (χ3v) is 3.16. The summed E-state index contributed by atoms with van der Waals surface area (Å²) >= 11 is 6.29. The summed E-state index contributed by atoms with van der Waals surface area (Å²) < 4.78 is 5.65. The summed E-state index contributed by atoms with van der Waals surface area (Å²) in [6.07, 6.45) is 2.87. The second kappa shape index (κ2) is 5.54. The van der Waals surface area contributed by atoms with Gasteiger partial charge < -0.3 is 4.42 Å². The number of nitrogens with zero attached hydrogens (tertiary/aromatic N) is 1. The molecule has 1 aromatic heterocycles. The monoisotopic (exact) mass is 251 g/mol. The van der Waals surface area contributed by atoms with Gasteiger partial charge in [-0.15, -0.1) is 11.6 Å². The van der Waals surface area contributed by atoms with E-state index >= 15 is 0 Å². The van der Waals surface area contributed by atoms with Crippen LogP contribution in [0.4, 0.5) is 0 Å². The van der Waals surface area contributed by atoms with E-state index in [0.717, 1.165) is 29.8 Å². The smallest absolute Gasteiger partial charge is 0.196 e. The Morgan fingerprint density at radius 2 is 2.00 bits per heavy atom. The molecule has 0 radical (unpaired) electrons. The van der Waals surface area contributed by atoms with Crippen LogP contribution in [0.15, 0.2) is 28.7 Å². The van der Waals surface area contributed by atoms with Crippen molar-refractivity contribution in [2.24, 2.45) is 5.92 Å². The third-order valence-electron chi connectivity index (χ3n) is 2.79. The molecule has 2 rings (SSSR count). The van der Waals surface area contributed by atoms with E-state index in [2.05, 4.69) is 18.8 Å². The van der Waals surface area contributed by atoms with Gasteiger partial charge in [0.1, 0.15) is 5.52 Å². The minimum atomic E-state index is 0.116. The molecule has 0 fully saturated rings. The van der Waals surface area contributed by atoms with Crippen LogP contribution in [0.3, 0.4) is 0 Å². The lowest BCUT2D eigenvalue weighted by Gasteiger charge is -2.08. The molecule has 0 amide bonds. The van der Waals surface area contributed by atoms with Crippen molar-refractivity contribution < 1.29 is 4.42 Å². The highest BCUT2D eigenvalue weighted by Crippen LogP contribution is 2.19. The molecule has 0 aliphatic heterocycles. The van der Waals surface area contributed by atoms with Crippen LogP contribution in [0.1, 0.15) is 32.6 Å². The van der Waals surface area contributed by atoms with Gasteiger partial charge in [-0.3, -0.25) is 0 Å². The Morgan fingerprint density at radius 1 is 1.24 bits per heavy atom. The zero-order valence-corrected chi connectivity index (χ0v) is 11.1. The number of para-hydroxylation sites is 2. The largest absolute Gasteiger partial charge is 0.441 e. The summed E-state index contributed by atoms with van der Waals surface area (Å²) in [6, 6.07) is 7.81. The van der Waals surface area contributed by atoms with Crippen molar-refractivity contribution in [2.75, 3.05) is 0 Å². The minimum absolute atomic E-state index is 0.116. The lowest BCUT2D eigenvalue weighted by Crippen LogP contribution is -2.05. The van der Waals surface area contributed by atoms with Gasteiger partial charge in [0.05, 0.1) is 0 Å². The highest BCUT2D eigenvalue weighted by Gasteiger charge is 2.12. The van der Waals surface area contributed by atoms with Gasteiger partial charge in [0.15, 0.2) is 11.5 Å². The fourth-order valence-electron chi connectivity index (χ4n) is 1.81. The molecule has 0 bridgehead atoms. The van der Waals surface area contributed by atoms with Gasteiger partial charge in [0, 0.05) is 11.8 Å². The maximum atomic E-state index is 6.29. The summed E-state index contributed by atoms with van der Waals surface area (Å²) in [5.41, 5.74) is 1.76. The van der Waals surface area contributed by atoms with Crippen LogP contribution in [0, 0.1) is 5.92 Å². The van der Waals surface area contributed by atoms with Gasteiger partial charge in [0.2, 0.25) is 0 Å². The van der Waals surface area contributed by atoms with Crippen LogP contribution in [-0.2, 0) is 6.42 Å². The number of oxazole rings is 1. The quantitative estimate of drug-likeness (QED) is 0.736. The molecule has 1 aromatic carbocycles. The Balaban J connectivity index is 1.98. The number of hydrogen-bond acceptors (Lipinski definition) is 2. The molecule has 0 aliphatic carbocycles. The van der Waals surface area contributed by atoms with Crippen molar-refractivity contribution in [1.82, 2.24) is 4.98 Å². The van der Waals surface area contributed by atoms with Crippen LogP contribution < -0.4 is 0 Å². The van der Waals surface area contributed by atoms with Crippen molar-refractivity contribution in [3.63, 3.8) is 0 Å². The van der Waals surface area contributed by atoms with Crippen LogP contribution in [0.2, 0.25) is 0 Å². The average Bonchev–Trinajstić information content (AvgIpc) is 2.68. The number of alkyl halides is 1. The minimum Gasteiger partial charge on any atom is -0.441 e. The number of benzene rings is 1. The van der Waals surface area contributed by atoms with Crippen molar-refractivity contribution >= 4 is 22.7 Å². The zero-order chi connectivity index (χ0) is 12.3. The molecule has 1 unspecified atom stereocenters. The van der Waals surface area contributed by atoms with E-state index in [1.807, 2.05) is 24.3 Å². The van der Waals surface area contributed by atoms with Gasteiger partial charge >= 0.3 is 0 Å². The summed E-state index contributed by atoms with van der Waals surface area (Å²) in [6.45, 7) is 4.42. The fourth-order valence-corrected chi connectivity index (χ4v) is 2.07. The molecule has 0 N–H and O–H groups in total. The molecule has 1 heterocycles. The second-order valence-corrected chi connectivity index (χ2v) is 5.47. The molecule has 1 atom stereocenters. The SMILES string of the molecule is CC(C)CCC(Cl)Cc1nc2ccccc2o1. The van der Waals surface area contributed by atoms with Crippen LogP contribution in [0.25, 0.3) is 11.1 Å². The Hall–Kier alpha value is -1.02. The molecule has 0 spiro atoms. The third kappa shape index (κ3) is 3.47. The first-order valence-electron chi connectivity index (χ1n) is 6.13. The lowest BCUT2D eigenvalue weighted by molar-refractivity contribution is 0.491. The summed E-state index contributed by atoms with van der Waals surface area (Å²) in [4.78, 5) is 4.43. The predicted molar refractivity (Wildman–Crippen MR) is 71.4 cm³/mol. The molecule has 0 saturated carbocycles.